The normalized spacial score (nSPS) is 9.41. The zero-order chi connectivity index (χ0) is 12.7. The van der Waals surface area contributed by atoms with Crippen LogP contribution in [-0.2, 0) is 9.53 Å². The number of esters is 1. The number of benzene rings is 1. The first-order valence-electron chi connectivity index (χ1n) is 4.97. The van der Waals surface area contributed by atoms with Crippen molar-refractivity contribution in [3.63, 3.8) is 0 Å². The molecule has 0 unspecified atom stereocenters. The molecule has 17 heavy (non-hydrogen) atoms. The second-order valence-electron chi connectivity index (χ2n) is 3.22. The first kappa shape index (κ1) is 12.8. The molecule has 0 aromatic heterocycles. The van der Waals surface area contributed by atoms with E-state index in [1.807, 2.05) is 0 Å². The van der Waals surface area contributed by atoms with Crippen molar-refractivity contribution in [2.75, 3.05) is 13.2 Å². The maximum atomic E-state index is 11.4. The van der Waals surface area contributed by atoms with E-state index in [0.29, 0.717) is 6.54 Å². The Morgan fingerprint density at radius 1 is 1.35 bits per heavy atom. The number of ether oxygens (including phenoxy) is 1. The summed E-state index contributed by atoms with van der Waals surface area (Å²) < 4.78 is 4.76. The number of carbonyl (C=O) groups excluding carboxylic acids is 2. The predicted octanol–water partition coefficient (Wildman–Crippen LogP) is 0.851. The molecule has 0 saturated carbocycles. The van der Waals surface area contributed by atoms with Crippen LogP contribution >= 0.6 is 0 Å². The van der Waals surface area contributed by atoms with Crippen LogP contribution in [0.15, 0.2) is 36.9 Å². The van der Waals surface area contributed by atoms with Crippen molar-refractivity contribution in [2.24, 2.45) is 0 Å². The van der Waals surface area contributed by atoms with Gasteiger partial charge < -0.3 is 15.2 Å². The Hall–Kier alpha value is -2.30. The number of rotatable bonds is 5. The smallest absolute Gasteiger partial charge is 0.338 e. The first-order valence-corrected chi connectivity index (χ1v) is 4.97. The molecular formula is C12H13NO4. The molecule has 0 aliphatic carbocycles. The minimum absolute atomic E-state index is 0.0604. The van der Waals surface area contributed by atoms with Crippen LogP contribution in [0, 0.1) is 0 Å². The second kappa shape index (κ2) is 6.32. The molecule has 1 aromatic rings. The highest BCUT2D eigenvalue weighted by molar-refractivity contribution is 5.91. The lowest BCUT2D eigenvalue weighted by molar-refractivity contribution is -0.124. The molecule has 0 spiro atoms. The van der Waals surface area contributed by atoms with E-state index in [1.165, 1.54) is 30.3 Å². The summed E-state index contributed by atoms with van der Waals surface area (Å²) in [6.07, 6.45) is 1.53. The third-order valence-electron chi connectivity index (χ3n) is 1.88. The number of hydrogen-bond acceptors (Lipinski definition) is 4. The average molecular weight is 235 g/mol. The fourth-order valence-electron chi connectivity index (χ4n) is 1.05. The Bertz CT molecular complexity index is 411. The van der Waals surface area contributed by atoms with Crippen molar-refractivity contribution >= 4 is 11.9 Å². The Balaban J connectivity index is 2.42. The maximum Gasteiger partial charge on any atom is 0.338 e. The Morgan fingerprint density at radius 2 is 2.00 bits per heavy atom. The summed E-state index contributed by atoms with van der Waals surface area (Å²) in [4.78, 5) is 22.5. The van der Waals surface area contributed by atoms with E-state index < -0.39 is 11.9 Å². The topological polar surface area (TPSA) is 75.6 Å². The summed E-state index contributed by atoms with van der Waals surface area (Å²) in [5, 5.41) is 11.5. The van der Waals surface area contributed by atoms with E-state index in [2.05, 4.69) is 11.9 Å². The number of phenolic OH excluding ortho intramolecular Hbond substituents is 1. The minimum atomic E-state index is -0.612. The molecule has 1 amide bonds. The molecule has 0 fully saturated rings. The highest BCUT2D eigenvalue weighted by Crippen LogP contribution is 2.10. The number of carbonyl (C=O) groups is 2. The number of nitrogens with one attached hydrogen (secondary N) is 1. The van der Waals surface area contributed by atoms with Crippen LogP contribution in [0.25, 0.3) is 0 Å². The van der Waals surface area contributed by atoms with Crippen LogP contribution in [0.2, 0.25) is 0 Å². The van der Waals surface area contributed by atoms with E-state index >= 15 is 0 Å². The van der Waals surface area contributed by atoms with Gasteiger partial charge in [-0.15, -0.1) is 6.58 Å². The third kappa shape index (κ3) is 4.38. The van der Waals surface area contributed by atoms with Crippen LogP contribution in [0.5, 0.6) is 5.75 Å². The van der Waals surface area contributed by atoms with Crippen molar-refractivity contribution in [1.82, 2.24) is 5.32 Å². The molecular weight excluding hydrogens is 222 g/mol. The van der Waals surface area contributed by atoms with Crippen molar-refractivity contribution in [3.05, 3.63) is 42.5 Å². The maximum absolute atomic E-state index is 11.4. The van der Waals surface area contributed by atoms with E-state index in [4.69, 9.17) is 9.84 Å². The molecule has 0 radical (unpaired) electrons. The molecule has 2 N–H and O–H groups in total. The summed E-state index contributed by atoms with van der Waals surface area (Å²) in [5.41, 5.74) is 0.277. The van der Waals surface area contributed by atoms with E-state index in [0.717, 1.165) is 0 Å². The zero-order valence-electron chi connectivity index (χ0n) is 9.18. The van der Waals surface area contributed by atoms with Gasteiger partial charge in [0, 0.05) is 6.54 Å². The Morgan fingerprint density at radius 3 is 2.59 bits per heavy atom. The van der Waals surface area contributed by atoms with Gasteiger partial charge in [-0.1, -0.05) is 6.08 Å². The van der Waals surface area contributed by atoms with Crippen molar-refractivity contribution in [1.29, 1.82) is 0 Å². The van der Waals surface area contributed by atoms with Crippen LogP contribution in [0.1, 0.15) is 10.4 Å². The fourth-order valence-corrected chi connectivity index (χ4v) is 1.05. The predicted molar refractivity (Wildman–Crippen MR) is 61.6 cm³/mol. The van der Waals surface area contributed by atoms with Crippen LogP contribution in [-0.4, -0.2) is 30.1 Å². The first-order chi connectivity index (χ1) is 8.13. The van der Waals surface area contributed by atoms with Crippen molar-refractivity contribution < 1.29 is 19.4 Å². The molecule has 5 nitrogen and oxygen atoms in total. The Kier molecular flexibility index (Phi) is 4.75. The number of amides is 1. The van der Waals surface area contributed by atoms with Gasteiger partial charge in [0.1, 0.15) is 5.75 Å². The highest BCUT2D eigenvalue weighted by atomic mass is 16.5. The van der Waals surface area contributed by atoms with Gasteiger partial charge in [-0.05, 0) is 24.3 Å². The molecule has 0 saturated heterocycles. The van der Waals surface area contributed by atoms with E-state index in [1.54, 1.807) is 0 Å². The number of aromatic hydroxyl groups is 1. The fraction of sp³-hybridized carbons (Fsp3) is 0.167. The third-order valence-corrected chi connectivity index (χ3v) is 1.88. The zero-order valence-corrected chi connectivity index (χ0v) is 9.18. The molecule has 90 valence electrons. The SMILES string of the molecule is C=CCNC(=O)COC(=O)c1ccc(O)cc1. The van der Waals surface area contributed by atoms with Gasteiger partial charge in [-0.25, -0.2) is 4.79 Å². The lowest BCUT2D eigenvalue weighted by Crippen LogP contribution is -2.28. The standard InChI is InChI=1S/C12H13NO4/c1-2-7-13-11(15)8-17-12(16)9-3-5-10(14)6-4-9/h2-6,14H,1,7-8H2,(H,13,15). The average Bonchev–Trinajstić information content (AvgIpc) is 2.34. The molecule has 1 rings (SSSR count). The molecule has 0 aliphatic rings. The van der Waals surface area contributed by atoms with Crippen molar-refractivity contribution in [3.8, 4) is 5.75 Å². The van der Waals surface area contributed by atoms with Crippen LogP contribution in [0.3, 0.4) is 0 Å². The molecule has 5 heteroatoms. The van der Waals surface area contributed by atoms with E-state index in [-0.39, 0.29) is 17.9 Å². The van der Waals surface area contributed by atoms with Gasteiger partial charge in [-0.2, -0.15) is 0 Å². The largest absolute Gasteiger partial charge is 0.508 e. The van der Waals surface area contributed by atoms with Crippen LogP contribution < -0.4 is 5.32 Å². The van der Waals surface area contributed by atoms with Gasteiger partial charge in [-0.3, -0.25) is 4.79 Å². The Labute approximate surface area is 98.7 Å². The van der Waals surface area contributed by atoms with Crippen molar-refractivity contribution in [2.45, 2.75) is 0 Å². The second-order valence-corrected chi connectivity index (χ2v) is 3.22. The number of phenols is 1. The highest BCUT2D eigenvalue weighted by Gasteiger charge is 2.09. The van der Waals surface area contributed by atoms with Gasteiger partial charge in [0.2, 0.25) is 0 Å². The monoisotopic (exact) mass is 235 g/mol. The molecule has 1 aromatic carbocycles. The van der Waals surface area contributed by atoms with Gasteiger partial charge in [0.15, 0.2) is 6.61 Å². The van der Waals surface area contributed by atoms with Gasteiger partial charge >= 0.3 is 5.97 Å². The molecule has 0 aliphatic heterocycles. The summed E-state index contributed by atoms with van der Waals surface area (Å²) in [6, 6.07) is 5.57. The molecule has 0 bridgehead atoms. The van der Waals surface area contributed by atoms with Gasteiger partial charge in [0.25, 0.3) is 5.91 Å². The molecule has 0 atom stereocenters. The summed E-state index contributed by atoms with van der Waals surface area (Å²) >= 11 is 0. The van der Waals surface area contributed by atoms with Crippen LogP contribution in [0.4, 0.5) is 0 Å². The summed E-state index contributed by atoms with van der Waals surface area (Å²) in [5.74, 6) is -0.943. The molecule has 0 heterocycles. The van der Waals surface area contributed by atoms with Gasteiger partial charge in [0.05, 0.1) is 5.56 Å². The number of hydrogen-bond donors (Lipinski definition) is 2. The summed E-state index contributed by atoms with van der Waals surface area (Å²) in [6.45, 7) is 3.43. The lowest BCUT2D eigenvalue weighted by Gasteiger charge is -2.04. The minimum Gasteiger partial charge on any atom is -0.508 e. The summed E-state index contributed by atoms with van der Waals surface area (Å²) in [7, 11) is 0. The van der Waals surface area contributed by atoms with E-state index in [9.17, 15) is 9.59 Å². The lowest BCUT2D eigenvalue weighted by atomic mass is 10.2. The quantitative estimate of drug-likeness (QED) is 0.586.